The molecule has 0 bridgehead atoms. The first-order valence-electron chi connectivity index (χ1n) is 7.56. The Balaban J connectivity index is 2.25. The van der Waals surface area contributed by atoms with Crippen LogP contribution in [0.5, 0.6) is 0 Å². The fraction of sp³-hybridized carbons (Fsp3) is 0.263. The highest BCUT2D eigenvalue weighted by Gasteiger charge is 2.26. The second kappa shape index (κ2) is 7.09. The molecule has 1 amide bonds. The quantitative estimate of drug-likeness (QED) is 0.890. The SMILES string of the molecule is Cc1cccc(C(NC(=O)[C@@H](C)c2ccccc2)C(=O)O)c1C. The average Bonchev–Trinajstić information content (AvgIpc) is 2.55. The number of amides is 1. The van der Waals surface area contributed by atoms with Crippen molar-refractivity contribution in [3.63, 3.8) is 0 Å². The molecule has 0 heterocycles. The summed E-state index contributed by atoms with van der Waals surface area (Å²) < 4.78 is 0. The van der Waals surface area contributed by atoms with E-state index in [9.17, 15) is 14.7 Å². The van der Waals surface area contributed by atoms with E-state index < -0.39 is 17.9 Å². The zero-order valence-electron chi connectivity index (χ0n) is 13.5. The maximum atomic E-state index is 12.5. The molecule has 0 aromatic heterocycles. The van der Waals surface area contributed by atoms with Gasteiger partial charge in [-0.3, -0.25) is 4.79 Å². The summed E-state index contributed by atoms with van der Waals surface area (Å²) in [6.45, 7) is 5.56. The first-order chi connectivity index (χ1) is 10.9. The van der Waals surface area contributed by atoms with E-state index in [1.807, 2.05) is 50.2 Å². The lowest BCUT2D eigenvalue weighted by Crippen LogP contribution is -2.36. The second-order valence-electron chi connectivity index (χ2n) is 5.70. The third-order valence-corrected chi connectivity index (χ3v) is 4.18. The monoisotopic (exact) mass is 311 g/mol. The molecule has 0 saturated carbocycles. The number of aliphatic carboxylic acids is 1. The van der Waals surface area contributed by atoms with E-state index >= 15 is 0 Å². The van der Waals surface area contributed by atoms with Crippen LogP contribution in [-0.2, 0) is 9.59 Å². The summed E-state index contributed by atoms with van der Waals surface area (Å²) in [4.78, 5) is 24.1. The van der Waals surface area contributed by atoms with Crippen LogP contribution in [0.25, 0.3) is 0 Å². The zero-order valence-corrected chi connectivity index (χ0v) is 13.5. The lowest BCUT2D eigenvalue weighted by molar-refractivity contribution is -0.142. The standard InChI is InChI=1S/C19H21NO3/c1-12-8-7-11-16(13(12)2)17(19(22)23)20-18(21)14(3)15-9-5-4-6-10-15/h4-11,14,17H,1-3H3,(H,20,21)(H,22,23)/t14-,17?/m0/s1. The molecule has 2 atom stereocenters. The van der Waals surface area contributed by atoms with Crippen molar-refractivity contribution in [3.05, 3.63) is 70.8 Å². The van der Waals surface area contributed by atoms with Crippen LogP contribution < -0.4 is 5.32 Å². The number of carbonyl (C=O) groups excluding carboxylic acids is 1. The zero-order chi connectivity index (χ0) is 17.0. The van der Waals surface area contributed by atoms with Crippen LogP contribution in [0.15, 0.2) is 48.5 Å². The van der Waals surface area contributed by atoms with Crippen LogP contribution >= 0.6 is 0 Å². The number of hydrogen-bond donors (Lipinski definition) is 2. The first-order valence-corrected chi connectivity index (χ1v) is 7.56. The van der Waals surface area contributed by atoms with Gasteiger partial charge >= 0.3 is 5.97 Å². The Morgan fingerprint density at radius 1 is 1.00 bits per heavy atom. The summed E-state index contributed by atoms with van der Waals surface area (Å²) in [7, 11) is 0. The molecule has 120 valence electrons. The largest absolute Gasteiger partial charge is 0.479 e. The van der Waals surface area contributed by atoms with Gasteiger partial charge in [0.2, 0.25) is 5.91 Å². The van der Waals surface area contributed by atoms with Gasteiger partial charge in [0.1, 0.15) is 0 Å². The van der Waals surface area contributed by atoms with Gasteiger partial charge in [-0.15, -0.1) is 0 Å². The number of hydrogen-bond acceptors (Lipinski definition) is 2. The predicted molar refractivity (Wildman–Crippen MR) is 89.3 cm³/mol. The molecule has 0 aliphatic heterocycles. The fourth-order valence-corrected chi connectivity index (χ4v) is 2.52. The van der Waals surface area contributed by atoms with E-state index in [0.717, 1.165) is 16.7 Å². The predicted octanol–water partition coefficient (Wildman–Crippen LogP) is 3.35. The lowest BCUT2D eigenvalue weighted by atomic mass is 9.95. The second-order valence-corrected chi connectivity index (χ2v) is 5.70. The van der Waals surface area contributed by atoms with Crippen molar-refractivity contribution in [2.75, 3.05) is 0 Å². The van der Waals surface area contributed by atoms with Crippen LogP contribution in [0.4, 0.5) is 0 Å². The summed E-state index contributed by atoms with van der Waals surface area (Å²) in [6.07, 6.45) is 0. The Morgan fingerprint density at radius 2 is 1.65 bits per heavy atom. The molecule has 0 aliphatic rings. The van der Waals surface area contributed by atoms with E-state index in [0.29, 0.717) is 5.56 Å². The smallest absolute Gasteiger partial charge is 0.330 e. The minimum Gasteiger partial charge on any atom is -0.479 e. The highest BCUT2D eigenvalue weighted by atomic mass is 16.4. The van der Waals surface area contributed by atoms with Crippen molar-refractivity contribution >= 4 is 11.9 Å². The van der Waals surface area contributed by atoms with Crippen LogP contribution in [0.2, 0.25) is 0 Å². The fourth-order valence-electron chi connectivity index (χ4n) is 2.52. The molecular formula is C19H21NO3. The van der Waals surface area contributed by atoms with Gasteiger partial charge < -0.3 is 10.4 Å². The number of aryl methyl sites for hydroxylation is 1. The number of carboxylic acids is 1. The van der Waals surface area contributed by atoms with Crippen LogP contribution in [-0.4, -0.2) is 17.0 Å². The molecule has 2 aromatic carbocycles. The van der Waals surface area contributed by atoms with E-state index in [4.69, 9.17) is 0 Å². The molecule has 0 spiro atoms. The van der Waals surface area contributed by atoms with Crippen molar-refractivity contribution in [1.82, 2.24) is 5.32 Å². The Hall–Kier alpha value is -2.62. The summed E-state index contributed by atoms with van der Waals surface area (Å²) in [5, 5.41) is 12.2. The third-order valence-electron chi connectivity index (χ3n) is 4.18. The molecule has 2 rings (SSSR count). The van der Waals surface area contributed by atoms with Gasteiger partial charge in [0.05, 0.1) is 5.92 Å². The molecule has 1 unspecified atom stereocenters. The Kier molecular flexibility index (Phi) is 5.16. The maximum Gasteiger partial charge on any atom is 0.330 e. The van der Waals surface area contributed by atoms with Gasteiger partial charge in [-0.1, -0.05) is 48.5 Å². The van der Waals surface area contributed by atoms with Crippen molar-refractivity contribution in [3.8, 4) is 0 Å². The molecule has 4 heteroatoms. The van der Waals surface area contributed by atoms with E-state index in [1.165, 1.54) is 0 Å². The van der Waals surface area contributed by atoms with Crippen LogP contribution in [0.1, 0.15) is 41.1 Å². The summed E-state index contributed by atoms with van der Waals surface area (Å²) in [5.74, 6) is -1.78. The first kappa shape index (κ1) is 16.7. The van der Waals surface area contributed by atoms with Crippen LogP contribution in [0, 0.1) is 13.8 Å². The van der Waals surface area contributed by atoms with Gasteiger partial charge in [-0.25, -0.2) is 4.79 Å². The topological polar surface area (TPSA) is 66.4 Å². The highest BCUT2D eigenvalue weighted by Crippen LogP contribution is 2.23. The van der Waals surface area contributed by atoms with E-state index in [2.05, 4.69) is 5.32 Å². The lowest BCUT2D eigenvalue weighted by Gasteiger charge is -2.20. The Morgan fingerprint density at radius 3 is 2.26 bits per heavy atom. The molecule has 4 nitrogen and oxygen atoms in total. The normalized spacial score (nSPS) is 13.2. The summed E-state index contributed by atoms with van der Waals surface area (Å²) >= 11 is 0. The van der Waals surface area contributed by atoms with Crippen molar-refractivity contribution in [1.29, 1.82) is 0 Å². The minimum absolute atomic E-state index is 0.301. The number of rotatable bonds is 5. The average molecular weight is 311 g/mol. The molecule has 2 N–H and O–H groups in total. The summed E-state index contributed by atoms with van der Waals surface area (Å²) in [6, 6.07) is 13.7. The Labute approximate surface area is 136 Å². The van der Waals surface area contributed by atoms with Gasteiger partial charge in [0.25, 0.3) is 0 Å². The number of benzene rings is 2. The molecule has 0 aliphatic carbocycles. The van der Waals surface area contributed by atoms with Crippen molar-refractivity contribution in [2.24, 2.45) is 0 Å². The molecular weight excluding hydrogens is 290 g/mol. The van der Waals surface area contributed by atoms with Gasteiger partial charge in [-0.05, 0) is 43.0 Å². The maximum absolute atomic E-state index is 12.5. The summed E-state index contributed by atoms with van der Waals surface area (Å²) in [5.41, 5.74) is 3.35. The van der Waals surface area contributed by atoms with E-state index in [-0.39, 0.29) is 5.91 Å². The molecule has 2 aromatic rings. The minimum atomic E-state index is -1.06. The molecule has 23 heavy (non-hydrogen) atoms. The molecule has 0 radical (unpaired) electrons. The van der Waals surface area contributed by atoms with Crippen LogP contribution in [0.3, 0.4) is 0 Å². The van der Waals surface area contributed by atoms with Crippen molar-refractivity contribution in [2.45, 2.75) is 32.7 Å². The van der Waals surface area contributed by atoms with Gasteiger partial charge in [0, 0.05) is 0 Å². The number of carboxylic acid groups (broad SMARTS) is 1. The highest BCUT2D eigenvalue weighted by molar-refractivity contribution is 5.88. The van der Waals surface area contributed by atoms with Crippen molar-refractivity contribution < 1.29 is 14.7 Å². The molecule has 0 fully saturated rings. The van der Waals surface area contributed by atoms with Gasteiger partial charge in [-0.2, -0.15) is 0 Å². The van der Waals surface area contributed by atoms with Gasteiger partial charge in [0.15, 0.2) is 6.04 Å². The third kappa shape index (κ3) is 3.77. The number of nitrogens with one attached hydrogen (secondary N) is 1. The molecule has 0 saturated heterocycles. The Bertz CT molecular complexity index is 710. The number of carbonyl (C=O) groups is 2. The van der Waals surface area contributed by atoms with E-state index in [1.54, 1.807) is 19.1 Å².